The van der Waals surface area contributed by atoms with Crippen LogP contribution < -0.4 is 4.74 Å². The third-order valence-electron chi connectivity index (χ3n) is 2.15. The Kier molecular flexibility index (Phi) is 5.73. The van der Waals surface area contributed by atoms with E-state index in [1.807, 2.05) is 0 Å². The molecule has 18 heavy (non-hydrogen) atoms. The Morgan fingerprint density at radius 3 is 2.78 bits per heavy atom. The highest BCUT2D eigenvalue weighted by molar-refractivity contribution is 5.87. The van der Waals surface area contributed by atoms with Crippen molar-refractivity contribution in [2.45, 2.75) is 0 Å². The monoisotopic (exact) mass is 252 g/mol. The van der Waals surface area contributed by atoms with Gasteiger partial charge in [-0.05, 0) is 23.8 Å². The number of aromatic hydroxyl groups is 1. The molecule has 0 spiro atoms. The molecular formula is C13H16O5. The van der Waals surface area contributed by atoms with Crippen LogP contribution in [0.15, 0.2) is 24.3 Å². The maximum Gasteiger partial charge on any atom is 0.330 e. The number of rotatable bonds is 6. The van der Waals surface area contributed by atoms with Gasteiger partial charge in [0.2, 0.25) is 0 Å². The van der Waals surface area contributed by atoms with Gasteiger partial charge < -0.3 is 19.3 Å². The number of phenols is 1. The van der Waals surface area contributed by atoms with E-state index < -0.39 is 5.97 Å². The summed E-state index contributed by atoms with van der Waals surface area (Å²) in [5, 5.41) is 9.40. The average molecular weight is 252 g/mol. The van der Waals surface area contributed by atoms with Gasteiger partial charge in [-0.1, -0.05) is 6.07 Å². The average Bonchev–Trinajstić information content (AvgIpc) is 2.38. The second kappa shape index (κ2) is 7.34. The summed E-state index contributed by atoms with van der Waals surface area (Å²) in [6.07, 6.45) is 2.89. The van der Waals surface area contributed by atoms with E-state index in [1.165, 1.54) is 26.4 Å². The SMILES string of the molecule is COCCOC(=O)C=Cc1ccc(O)c(OC)c1. The van der Waals surface area contributed by atoms with E-state index in [0.717, 1.165) is 5.56 Å². The number of phenolic OH excluding ortho intramolecular Hbond substituents is 1. The van der Waals surface area contributed by atoms with Crippen molar-refractivity contribution < 1.29 is 24.1 Å². The molecule has 1 aromatic carbocycles. The van der Waals surface area contributed by atoms with E-state index in [9.17, 15) is 9.90 Å². The van der Waals surface area contributed by atoms with Crippen molar-refractivity contribution in [1.82, 2.24) is 0 Å². The van der Waals surface area contributed by atoms with Crippen LogP contribution in [0.25, 0.3) is 6.08 Å². The highest BCUT2D eigenvalue weighted by Crippen LogP contribution is 2.26. The van der Waals surface area contributed by atoms with Gasteiger partial charge in [0.15, 0.2) is 11.5 Å². The van der Waals surface area contributed by atoms with Crippen LogP contribution in [-0.2, 0) is 14.3 Å². The van der Waals surface area contributed by atoms with Crippen LogP contribution in [0.1, 0.15) is 5.56 Å². The third-order valence-corrected chi connectivity index (χ3v) is 2.15. The molecule has 98 valence electrons. The largest absolute Gasteiger partial charge is 0.504 e. The van der Waals surface area contributed by atoms with Gasteiger partial charge in [-0.2, -0.15) is 0 Å². The maximum atomic E-state index is 11.3. The molecule has 0 atom stereocenters. The normalized spacial score (nSPS) is 10.6. The lowest BCUT2D eigenvalue weighted by Crippen LogP contribution is -2.06. The predicted octanol–water partition coefficient (Wildman–Crippen LogP) is 1.60. The molecule has 0 aliphatic carbocycles. The second-order valence-corrected chi connectivity index (χ2v) is 3.42. The zero-order valence-corrected chi connectivity index (χ0v) is 10.4. The minimum absolute atomic E-state index is 0.0531. The van der Waals surface area contributed by atoms with Gasteiger partial charge in [0.1, 0.15) is 6.61 Å². The Hall–Kier alpha value is -2.01. The fourth-order valence-electron chi connectivity index (χ4n) is 1.24. The number of methoxy groups -OCH3 is 2. The molecule has 0 heterocycles. The summed E-state index contributed by atoms with van der Waals surface area (Å²) >= 11 is 0. The van der Waals surface area contributed by atoms with Gasteiger partial charge in [-0.15, -0.1) is 0 Å². The Morgan fingerprint density at radius 2 is 2.11 bits per heavy atom. The van der Waals surface area contributed by atoms with Gasteiger partial charge in [-0.3, -0.25) is 0 Å². The molecular weight excluding hydrogens is 236 g/mol. The molecule has 0 aliphatic rings. The van der Waals surface area contributed by atoms with Crippen LogP contribution in [0.3, 0.4) is 0 Å². The quantitative estimate of drug-likeness (QED) is 0.473. The predicted molar refractivity (Wildman–Crippen MR) is 66.5 cm³/mol. The van der Waals surface area contributed by atoms with Crippen LogP contribution in [0.5, 0.6) is 11.5 Å². The van der Waals surface area contributed by atoms with E-state index in [4.69, 9.17) is 14.2 Å². The number of hydrogen-bond acceptors (Lipinski definition) is 5. The van der Waals surface area contributed by atoms with Gasteiger partial charge in [0.25, 0.3) is 0 Å². The Labute approximate surface area is 106 Å². The van der Waals surface area contributed by atoms with Crippen molar-refractivity contribution >= 4 is 12.0 Å². The number of hydrogen-bond donors (Lipinski definition) is 1. The smallest absolute Gasteiger partial charge is 0.330 e. The van der Waals surface area contributed by atoms with Gasteiger partial charge in [-0.25, -0.2) is 4.79 Å². The van der Waals surface area contributed by atoms with Crippen LogP contribution in [0.2, 0.25) is 0 Å². The van der Waals surface area contributed by atoms with Crippen LogP contribution >= 0.6 is 0 Å². The molecule has 5 nitrogen and oxygen atoms in total. The molecule has 0 saturated heterocycles. The fraction of sp³-hybridized carbons (Fsp3) is 0.308. The molecule has 0 bridgehead atoms. The van der Waals surface area contributed by atoms with Crippen molar-refractivity contribution in [3.05, 3.63) is 29.8 Å². The molecule has 0 radical (unpaired) electrons. The molecule has 1 N–H and O–H groups in total. The summed E-state index contributed by atoms with van der Waals surface area (Å²) in [4.78, 5) is 11.3. The first kappa shape index (κ1) is 14.1. The van der Waals surface area contributed by atoms with Crippen molar-refractivity contribution in [3.8, 4) is 11.5 Å². The summed E-state index contributed by atoms with van der Waals surface area (Å²) in [5.41, 5.74) is 0.730. The molecule has 0 aromatic heterocycles. The summed E-state index contributed by atoms with van der Waals surface area (Å²) < 4.78 is 14.6. The summed E-state index contributed by atoms with van der Waals surface area (Å²) in [6.45, 7) is 0.588. The lowest BCUT2D eigenvalue weighted by molar-refractivity contribution is -0.138. The first-order chi connectivity index (χ1) is 8.67. The third kappa shape index (κ3) is 4.47. The lowest BCUT2D eigenvalue weighted by atomic mass is 10.2. The number of ether oxygens (including phenoxy) is 3. The summed E-state index contributed by atoms with van der Waals surface area (Å²) in [6, 6.07) is 4.78. The number of carbonyl (C=O) groups excluding carboxylic acids is 1. The Morgan fingerprint density at radius 1 is 1.33 bits per heavy atom. The van der Waals surface area contributed by atoms with Crippen molar-refractivity contribution in [2.75, 3.05) is 27.4 Å². The zero-order chi connectivity index (χ0) is 13.4. The van der Waals surface area contributed by atoms with Crippen molar-refractivity contribution in [2.24, 2.45) is 0 Å². The molecule has 0 unspecified atom stereocenters. The summed E-state index contributed by atoms with van der Waals surface area (Å²) in [5.74, 6) is -0.0405. The van der Waals surface area contributed by atoms with Crippen molar-refractivity contribution in [3.63, 3.8) is 0 Å². The highest BCUT2D eigenvalue weighted by Gasteiger charge is 2.01. The van der Waals surface area contributed by atoms with Crippen LogP contribution in [0, 0.1) is 0 Å². The number of carbonyl (C=O) groups is 1. The minimum atomic E-state index is -0.445. The number of benzene rings is 1. The minimum Gasteiger partial charge on any atom is -0.504 e. The molecule has 0 saturated carbocycles. The van der Waals surface area contributed by atoms with Crippen LogP contribution in [-0.4, -0.2) is 38.5 Å². The standard InChI is InChI=1S/C13H16O5/c1-16-7-8-18-13(15)6-4-10-3-5-11(14)12(9-10)17-2/h3-6,9,14H,7-8H2,1-2H3. The molecule has 0 amide bonds. The van der Waals surface area contributed by atoms with Crippen LogP contribution in [0.4, 0.5) is 0 Å². The number of esters is 1. The van der Waals surface area contributed by atoms with E-state index in [2.05, 4.69) is 0 Å². The van der Waals surface area contributed by atoms with Gasteiger partial charge in [0.05, 0.1) is 13.7 Å². The highest BCUT2D eigenvalue weighted by atomic mass is 16.6. The first-order valence-corrected chi connectivity index (χ1v) is 5.38. The van der Waals surface area contributed by atoms with Gasteiger partial charge in [0, 0.05) is 13.2 Å². The van der Waals surface area contributed by atoms with E-state index >= 15 is 0 Å². The molecule has 0 aliphatic heterocycles. The maximum absolute atomic E-state index is 11.3. The van der Waals surface area contributed by atoms with Gasteiger partial charge >= 0.3 is 5.97 Å². The van der Waals surface area contributed by atoms with E-state index in [0.29, 0.717) is 12.4 Å². The molecule has 1 rings (SSSR count). The summed E-state index contributed by atoms with van der Waals surface area (Å²) in [7, 11) is 2.99. The van der Waals surface area contributed by atoms with E-state index in [1.54, 1.807) is 18.2 Å². The first-order valence-electron chi connectivity index (χ1n) is 5.38. The molecule has 5 heteroatoms. The fourth-order valence-corrected chi connectivity index (χ4v) is 1.24. The van der Waals surface area contributed by atoms with E-state index in [-0.39, 0.29) is 12.4 Å². The lowest BCUT2D eigenvalue weighted by Gasteiger charge is -2.03. The Balaban J connectivity index is 2.58. The zero-order valence-electron chi connectivity index (χ0n) is 10.4. The molecule has 1 aromatic rings. The molecule has 0 fully saturated rings. The topological polar surface area (TPSA) is 65.0 Å². The van der Waals surface area contributed by atoms with Crippen molar-refractivity contribution in [1.29, 1.82) is 0 Å². The Bertz CT molecular complexity index is 425. The second-order valence-electron chi connectivity index (χ2n) is 3.42.